The molecule has 0 aromatic heterocycles. The average Bonchev–Trinajstić information content (AvgIpc) is 2.35. The molecule has 94 valence electrons. The van der Waals surface area contributed by atoms with Crippen LogP contribution in [0, 0.1) is 23.3 Å². The van der Waals surface area contributed by atoms with Gasteiger partial charge in [-0.1, -0.05) is 28.1 Å². The summed E-state index contributed by atoms with van der Waals surface area (Å²) in [6, 6.07) is 6.74. The molecule has 0 atom stereocenters. The predicted octanol–water partition coefficient (Wildman–Crippen LogP) is 4.73. The summed E-state index contributed by atoms with van der Waals surface area (Å²) in [6.07, 6.45) is 0. The normalized spacial score (nSPS) is 11.0. The van der Waals surface area contributed by atoms with Crippen LogP contribution in [0.4, 0.5) is 17.6 Å². The Hall–Kier alpha value is -1.36. The van der Waals surface area contributed by atoms with Gasteiger partial charge in [-0.2, -0.15) is 0 Å². The van der Waals surface area contributed by atoms with Gasteiger partial charge in [-0.15, -0.1) is 0 Å². The SMILES string of the molecule is Fc1ccc(C(Br)c2ccc(F)c(F)c2)cc1F. The van der Waals surface area contributed by atoms with Gasteiger partial charge in [0.15, 0.2) is 23.3 Å². The summed E-state index contributed by atoms with van der Waals surface area (Å²) in [6.45, 7) is 0. The molecule has 0 aliphatic carbocycles. The fraction of sp³-hybridized carbons (Fsp3) is 0.0769. The summed E-state index contributed by atoms with van der Waals surface area (Å²) >= 11 is 3.23. The first-order valence-electron chi connectivity index (χ1n) is 5.03. The summed E-state index contributed by atoms with van der Waals surface area (Å²) in [5, 5.41) is 0. The summed E-state index contributed by atoms with van der Waals surface area (Å²) in [5.41, 5.74) is 0.833. The molecule has 0 spiro atoms. The van der Waals surface area contributed by atoms with E-state index in [1.807, 2.05) is 0 Å². The van der Waals surface area contributed by atoms with Crippen molar-refractivity contribution >= 4 is 15.9 Å². The van der Waals surface area contributed by atoms with Crippen LogP contribution in [0.2, 0.25) is 0 Å². The van der Waals surface area contributed by atoms with E-state index in [1.54, 1.807) is 0 Å². The zero-order chi connectivity index (χ0) is 13.3. The van der Waals surface area contributed by atoms with E-state index in [1.165, 1.54) is 12.1 Å². The van der Waals surface area contributed by atoms with E-state index >= 15 is 0 Å². The molecule has 0 aliphatic heterocycles. The zero-order valence-corrected chi connectivity index (χ0v) is 10.5. The summed E-state index contributed by atoms with van der Waals surface area (Å²) in [7, 11) is 0. The molecule has 0 bridgehead atoms. The Bertz CT molecular complexity index is 532. The summed E-state index contributed by atoms with van der Waals surface area (Å²) in [5.74, 6) is -3.88. The van der Waals surface area contributed by atoms with Gasteiger partial charge in [0.1, 0.15) is 0 Å². The summed E-state index contributed by atoms with van der Waals surface area (Å²) in [4.78, 5) is -0.539. The van der Waals surface area contributed by atoms with Crippen LogP contribution in [0.3, 0.4) is 0 Å². The lowest BCUT2D eigenvalue weighted by Crippen LogP contribution is -1.97. The van der Waals surface area contributed by atoms with E-state index in [-0.39, 0.29) is 0 Å². The predicted molar refractivity (Wildman–Crippen MR) is 63.5 cm³/mol. The van der Waals surface area contributed by atoms with E-state index in [0.29, 0.717) is 11.1 Å². The van der Waals surface area contributed by atoms with Gasteiger partial charge in [0.25, 0.3) is 0 Å². The van der Waals surface area contributed by atoms with Gasteiger partial charge in [-0.25, -0.2) is 17.6 Å². The minimum atomic E-state index is -0.987. The largest absolute Gasteiger partial charge is 0.204 e. The van der Waals surface area contributed by atoms with Crippen LogP contribution in [-0.2, 0) is 0 Å². The van der Waals surface area contributed by atoms with Crippen LogP contribution in [0.5, 0.6) is 0 Å². The van der Waals surface area contributed by atoms with Crippen molar-refractivity contribution in [2.24, 2.45) is 0 Å². The maximum absolute atomic E-state index is 13.1. The van der Waals surface area contributed by atoms with Gasteiger partial charge in [0, 0.05) is 0 Å². The first-order valence-corrected chi connectivity index (χ1v) is 5.94. The Morgan fingerprint density at radius 2 is 1.06 bits per heavy atom. The van der Waals surface area contributed by atoms with Crippen LogP contribution < -0.4 is 0 Å². The van der Waals surface area contributed by atoms with Crippen LogP contribution in [-0.4, -0.2) is 0 Å². The molecule has 0 saturated heterocycles. The molecule has 0 saturated carbocycles. The standard InChI is InChI=1S/C13H7BrF4/c14-13(7-1-3-9(15)11(17)5-7)8-2-4-10(16)12(18)6-8/h1-6,13H. The highest BCUT2D eigenvalue weighted by atomic mass is 79.9. The number of benzene rings is 2. The minimum absolute atomic E-state index is 0.417. The van der Waals surface area contributed by atoms with Crippen molar-refractivity contribution in [3.8, 4) is 0 Å². The molecule has 2 rings (SSSR count). The highest BCUT2D eigenvalue weighted by Crippen LogP contribution is 2.32. The van der Waals surface area contributed by atoms with Crippen LogP contribution in [0.25, 0.3) is 0 Å². The molecule has 0 fully saturated rings. The Labute approximate surface area is 109 Å². The van der Waals surface area contributed by atoms with Crippen LogP contribution in [0.15, 0.2) is 36.4 Å². The molecule has 0 amide bonds. The smallest absolute Gasteiger partial charge is 0.159 e. The highest BCUT2D eigenvalue weighted by molar-refractivity contribution is 9.09. The van der Waals surface area contributed by atoms with Crippen molar-refractivity contribution < 1.29 is 17.6 Å². The molecule has 0 aliphatic rings. The third-order valence-electron chi connectivity index (χ3n) is 2.47. The Morgan fingerprint density at radius 3 is 1.39 bits per heavy atom. The van der Waals surface area contributed by atoms with Gasteiger partial charge in [-0.05, 0) is 35.4 Å². The van der Waals surface area contributed by atoms with E-state index < -0.39 is 28.1 Å². The molecule has 0 unspecified atom stereocenters. The number of alkyl halides is 1. The molecule has 0 radical (unpaired) electrons. The summed E-state index contributed by atoms with van der Waals surface area (Å²) < 4.78 is 51.7. The van der Waals surface area contributed by atoms with Crippen molar-refractivity contribution in [1.29, 1.82) is 0 Å². The topological polar surface area (TPSA) is 0 Å². The molecule has 0 N–H and O–H groups in total. The van der Waals surface area contributed by atoms with Gasteiger partial charge in [-0.3, -0.25) is 0 Å². The Kier molecular flexibility index (Phi) is 3.71. The lowest BCUT2D eigenvalue weighted by Gasteiger charge is -2.11. The average molecular weight is 319 g/mol. The molecule has 0 nitrogen and oxygen atoms in total. The Balaban J connectivity index is 2.37. The molecule has 0 heterocycles. The maximum atomic E-state index is 13.1. The fourth-order valence-corrected chi connectivity index (χ4v) is 2.10. The molecule has 5 heteroatoms. The lowest BCUT2D eigenvalue weighted by atomic mass is 10.0. The van der Waals surface area contributed by atoms with Crippen LogP contribution in [0.1, 0.15) is 16.0 Å². The van der Waals surface area contributed by atoms with Gasteiger partial charge >= 0.3 is 0 Å². The van der Waals surface area contributed by atoms with Crippen LogP contribution >= 0.6 is 15.9 Å². The number of hydrogen-bond donors (Lipinski definition) is 0. The van der Waals surface area contributed by atoms with Gasteiger partial charge in [0.2, 0.25) is 0 Å². The fourth-order valence-electron chi connectivity index (χ4n) is 1.53. The molecule has 2 aromatic carbocycles. The second-order valence-corrected chi connectivity index (χ2v) is 4.63. The molecule has 2 aromatic rings. The third-order valence-corrected chi connectivity index (χ3v) is 3.53. The monoisotopic (exact) mass is 318 g/mol. The molecular weight excluding hydrogens is 312 g/mol. The third kappa shape index (κ3) is 2.56. The number of hydrogen-bond acceptors (Lipinski definition) is 0. The lowest BCUT2D eigenvalue weighted by molar-refractivity contribution is 0.505. The first-order chi connectivity index (χ1) is 8.49. The highest BCUT2D eigenvalue weighted by Gasteiger charge is 2.14. The van der Waals surface area contributed by atoms with E-state index in [9.17, 15) is 17.6 Å². The number of rotatable bonds is 2. The molecule has 18 heavy (non-hydrogen) atoms. The minimum Gasteiger partial charge on any atom is -0.204 e. The molecular formula is C13H7BrF4. The van der Waals surface area contributed by atoms with Crippen molar-refractivity contribution in [3.05, 3.63) is 70.8 Å². The van der Waals surface area contributed by atoms with Crippen molar-refractivity contribution in [1.82, 2.24) is 0 Å². The van der Waals surface area contributed by atoms with E-state index in [2.05, 4.69) is 15.9 Å². The Morgan fingerprint density at radius 1 is 0.667 bits per heavy atom. The maximum Gasteiger partial charge on any atom is 0.159 e. The zero-order valence-electron chi connectivity index (χ0n) is 8.93. The first kappa shape index (κ1) is 13.1. The quantitative estimate of drug-likeness (QED) is 0.555. The number of halogens is 5. The van der Waals surface area contributed by atoms with Crippen molar-refractivity contribution in [3.63, 3.8) is 0 Å². The van der Waals surface area contributed by atoms with Gasteiger partial charge in [0.05, 0.1) is 4.83 Å². The van der Waals surface area contributed by atoms with Gasteiger partial charge < -0.3 is 0 Å². The second-order valence-electron chi connectivity index (χ2n) is 3.71. The van der Waals surface area contributed by atoms with Crippen molar-refractivity contribution in [2.45, 2.75) is 4.83 Å². The van der Waals surface area contributed by atoms with E-state index in [0.717, 1.165) is 24.3 Å². The second kappa shape index (κ2) is 5.10. The van der Waals surface area contributed by atoms with Crippen molar-refractivity contribution in [2.75, 3.05) is 0 Å². The van der Waals surface area contributed by atoms with E-state index in [4.69, 9.17) is 0 Å².